The lowest BCUT2D eigenvalue weighted by molar-refractivity contribution is -0.137. The third-order valence-corrected chi connectivity index (χ3v) is 5.95. The van der Waals surface area contributed by atoms with Crippen LogP contribution in [-0.2, 0) is 29.1 Å². The zero-order chi connectivity index (χ0) is 24.8. The summed E-state index contributed by atoms with van der Waals surface area (Å²) in [4.78, 5) is 51.9. The number of Topliss-reactive ketones (excluding diaryl/α,β-unsaturated/α-hetero) is 1. The van der Waals surface area contributed by atoms with E-state index in [1.54, 1.807) is 18.9 Å². The fourth-order valence-corrected chi connectivity index (χ4v) is 4.26. The van der Waals surface area contributed by atoms with Crippen LogP contribution in [0.5, 0.6) is 11.5 Å². The molecule has 34 heavy (non-hydrogen) atoms. The minimum atomic E-state index is -0.435. The average molecular weight is 470 g/mol. The van der Waals surface area contributed by atoms with Crippen molar-refractivity contribution in [2.24, 2.45) is 5.92 Å². The van der Waals surface area contributed by atoms with E-state index in [0.717, 1.165) is 5.56 Å². The van der Waals surface area contributed by atoms with Gasteiger partial charge in [0.25, 0.3) is 11.5 Å². The molecule has 9 nitrogen and oxygen atoms in total. The second-order valence-corrected chi connectivity index (χ2v) is 8.44. The van der Waals surface area contributed by atoms with Gasteiger partial charge in [-0.2, -0.15) is 0 Å². The van der Waals surface area contributed by atoms with Crippen LogP contribution in [0.1, 0.15) is 41.9 Å². The van der Waals surface area contributed by atoms with E-state index in [9.17, 15) is 19.2 Å². The Bertz CT molecular complexity index is 1140. The molecule has 9 heteroatoms. The van der Waals surface area contributed by atoms with Gasteiger partial charge in [0.2, 0.25) is 5.91 Å². The van der Waals surface area contributed by atoms with E-state index in [2.05, 4.69) is 5.32 Å². The summed E-state index contributed by atoms with van der Waals surface area (Å²) in [6, 6.07) is 8.68. The number of hydrogen-bond acceptors (Lipinski definition) is 6. The van der Waals surface area contributed by atoms with Crippen molar-refractivity contribution >= 4 is 17.6 Å². The monoisotopic (exact) mass is 469 g/mol. The highest BCUT2D eigenvalue weighted by Crippen LogP contribution is 2.24. The van der Waals surface area contributed by atoms with Crippen LogP contribution in [-0.4, -0.2) is 54.4 Å². The normalized spacial score (nSPS) is 13.9. The van der Waals surface area contributed by atoms with E-state index in [-0.39, 0.29) is 54.0 Å². The van der Waals surface area contributed by atoms with E-state index in [4.69, 9.17) is 9.47 Å². The first-order valence-corrected chi connectivity index (χ1v) is 11.2. The van der Waals surface area contributed by atoms with Crippen LogP contribution in [0.15, 0.2) is 35.1 Å². The number of ketones is 1. The van der Waals surface area contributed by atoms with Crippen molar-refractivity contribution in [2.75, 3.05) is 27.3 Å². The number of aromatic nitrogens is 1. The van der Waals surface area contributed by atoms with Crippen LogP contribution in [0.2, 0.25) is 0 Å². The van der Waals surface area contributed by atoms with E-state index >= 15 is 0 Å². The Labute approximate surface area is 198 Å². The molecule has 1 atom stereocenters. The van der Waals surface area contributed by atoms with Crippen molar-refractivity contribution in [3.8, 4) is 11.5 Å². The van der Waals surface area contributed by atoms with Gasteiger partial charge in [-0.25, -0.2) is 0 Å². The van der Waals surface area contributed by atoms with E-state index in [0.29, 0.717) is 31.0 Å². The predicted octanol–water partition coefficient (Wildman–Crippen LogP) is 1.80. The van der Waals surface area contributed by atoms with Gasteiger partial charge in [-0.3, -0.25) is 14.4 Å². The van der Waals surface area contributed by atoms with Gasteiger partial charge >= 0.3 is 0 Å². The van der Waals surface area contributed by atoms with Gasteiger partial charge in [-0.15, -0.1) is 0 Å². The second-order valence-electron chi connectivity index (χ2n) is 8.44. The fourth-order valence-electron chi connectivity index (χ4n) is 4.26. The molecule has 0 aliphatic carbocycles. The first kappa shape index (κ1) is 25.0. The Morgan fingerprint density at radius 2 is 1.85 bits per heavy atom. The molecule has 1 aromatic heterocycles. The van der Waals surface area contributed by atoms with Gasteiger partial charge in [0.1, 0.15) is 22.8 Å². The minimum Gasteiger partial charge on any atom is -0.497 e. The van der Waals surface area contributed by atoms with Crippen LogP contribution in [0.4, 0.5) is 0 Å². The van der Waals surface area contributed by atoms with Crippen molar-refractivity contribution < 1.29 is 23.9 Å². The molecule has 2 aromatic rings. The fraction of sp³-hybridized carbons (Fsp3) is 0.440. The SMILES string of the molecule is COc1cccc(CNC(=O)c2c(OC)cc(=O)n3c2CCN(C(=O)[C@@H](C)CC(C)=O)CC3)c1. The largest absolute Gasteiger partial charge is 0.497 e. The van der Waals surface area contributed by atoms with Gasteiger partial charge in [0, 0.05) is 56.7 Å². The number of ether oxygens (including phenoxy) is 2. The van der Waals surface area contributed by atoms with Crippen LogP contribution >= 0.6 is 0 Å². The summed E-state index contributed by atoms with van der Waals surface area (Å²) in [5.74, 6) is -0.0944. The van der Waals surface area contributed by atoms with Crippen molar-refractivity contribution in [2.45, 2.75) is 39.8 Å². The smallest absolute Gasteiger partial charge is 0.257 e. The van der Waals surface area contributed by atoms with Gasteiger partial charge in [0.15, 0.2) is 0 Å². The molecule has 0 unspecified atom stereocenters. The Balaban J connectivity index is 1.85. The van der Waals surface area contributed by atoms with Crippen LogP contribution < -0.4 is 20.3 Å². The molecule has 1 aliphatic heterocycles. The zero-order valence-electron chi connectivity index (χ0n) is 20.1. The van der Waals surface area contributed by atoms with Crippen LogP contribution in [0.3, 0.4) is 0 Å². The molecule has 1 N–H and O–H groups in total. The summed E-state index contributed by atoms with van der Waals surface area (Å²) >= 11 is 0. The van der Waals surface area contributed by atoms with Gasteiger partial charge in [-0.05, 0) is 24.6 Å². The van der Waals surface area contributed by atoms with Gasteiger partial charge in [0.05, 0.1) is 14.2 Å². The number of nitrogens with one attached hydrogen (secondary N) is 1. The number of nitrogens with zero attached hydrogens (tertiary/aromatic N) is 2. The first-order valence-electron chi connectivity index (χ1n) is 11.2. The summed E-state index contributed by atoms with van der Waals surface area (Å²) in [6.45, 7) is 4.38. The van der Waals surface area contributed by atoms with E-state index < -0.39 is 5.92 Å². The van der Waals surface area contributed by atoms with Gasteiger partial charge in [-0.1, -0.05) is 19.1 Å². The molecule has 1 aromatic carbocycles. The summed E-state index contributed by atoms with van der Waals surface area (Å²) in [6.07, 6.45) is 0.487. The maximum absolute atomic E-state index is 13.2. The van der Waals surface area contributed by atoms with Crippen LogP contribution in [0.25, 0.3) is 0 Å². The summed E-state index contributed by atoms with van der Waals surface area (Å²) in [5, 5.41) is 2.90. The zero-order valence-corrected chi connectivity index (χ0v) is 20.1. The van der Waals surface area contributed by atoms with Crippen molar-refractivity contribution in [1.29, 1.82) is 0 Å². The Morgan fingerprint density at radius 1 is 1.09 bits per heavy atom. The quantitative estimate of drug-likeness (QED) is 0.632. The maximum atomic E-state index is 13.2. The number of methoxy groups -OCH3 is 2. The highest BCUT2D eigenvalue weighted by Gasteiger charge is 2.28. The Kier molecular flexibility index (Phi) is 8.09. The second kappa shape index (κ2) is 11.0. The molecule has 1 aliphatic rings. The molecule has 0 saturated carbocycles. The summed E-state index contributed by atoms with van der Waals surface area (Å²) < 4.78 is 12.2. The molecule has 3 rings (SSSR count). The number of pyridine rings is 1. The summed E-state index contributed by atoms with van der Waals surface area (Å²) in [7, 11) is 3.00. The molecule has 0 spiro atoms. The number of benzene rings is 1. The molecule has 0 fully saturated rings. The molecular formula is C25H31N3O6. The van der Waals surface area contributed by atoms with Crippen molar-refractivity contribution in [3.05, 3.63) is 57.5 Å². The standard InChI is InChI=1S/C25H31N3O6/c1-16(12-17(2)29)25(32)27-9-8-20-23(21(34-4)14-22(30)28(20)11-10-27)24(31)26-15-18-6-5-7-19(13-18)33-3/h5-7,13-14,16H,8-12,15H2,1-4H3,(H,26,31)/t16-/m0/s1. The topological polar surface area (TPSA) is 107 Å². The van der Waals surface area contributed by atoms with Crippen molar-refractivity contribution in [3.63, 3.8) is 0 Å². The van der Waals surface area contributed by atoms with E-state index in [1.165, 1.54) is 24.7 Å². The Hall–Kier alpha value is -3.62. The van der Waals surface area contributed by atoms with Crippen molar-refractivity contribution in [1.82, 2.24) is 14.8 Å². The maximum Gasteiger partial charge on any atom is 0.257 e. The highest BCUT2D eigenvalue weighted by atomic mass is 16.5. The lowest BCUT2D eigenvalue weighted by Crippen LogP contribution is -2.38. The molecule has 0 radical (unpaired) electrons. The minimum absolute atomic E-state index is 0.0464. The molecular weight excluding hydrogens is 438 g/mol. The third kappa shape index (κ3) is 5.65. The molecule has 2 heterocycles. The predicted molar refractivity (Wildman–Crippen MR) is 126 cm³/mol. The third-order valence-electron chi connectivity index (χ3n) is 5.95. The molecule has 182 valence electrons. The first-order chi connectivity index (χ1) is 16.2. The highest BCUT2D eigenvalue weighted by molar-refractivity contribution is 5.98. The molecule has 2 amide bonds. The number of amides is 2. The Morgan fingerprint density at radius 3 is 2.53 bits per heavy atom. The van der Waals surface area contributed by atoms with Crippen LogP contribution in [0, 0.1) is 5.92 Å². The lowest BCUT2D eigenvalue weighted by Gasteiger charge is -2.23. The number of carbonyl (C=O) groups excluding carboxylic acids is 3. The average Bonchev–Trinajstić information content (AvgIpc) is 3.05. The molecule has 0 saturated heterocycles. The number of hydrogen-bond donors (Lipinski definition) is 1. The lowest BCUT2D eigenvalue weighted by atomic mass is 10.0. The number of rotatable bonds is 8. The van der Waals surface area contributed by atoms with Gasteiger partial charge < -0.3 is 29.1 Å². The molecule has 0 bridgehead atoms. The van der Waals surface area contributed by atoms with E-state index in [1.807, 2.05) is 24.3 Å². The number of fused-ring (bicyclic) bond motifs is 1. The summed E-state index contributed by atoms with van der Waals surface area (Å²) in [5.41, 5.74) is 1.39. The number of carbonyl (C=O) groups is 3.